The van der Waals surface area contributed by atoms with Crippen LogP contribution in [0.5, 0.6) is 0 Å². The minimum absolute atomic E-state index is 0.0333. The number of alkyl carbamates (subject to hydrolysis) is 1. The number of H-pyrrole nitrogens is 1. The Morgan fingerprint density at radius 1 is 1.27 bits per heavy atom. The van der Waals surface area contributed by atoms with Crippen molar-refractivity contribution in [1.29, 1.82) is 0 Å². The van der Waals surface area contributed by atoms with Gasteiger partial charge in [-0.05, 0) is 39.3 Å². The van der Waals surface area contributed by atoms with Gasteiger partial charge in [-0.15, -0.1) is 0 Å². The number of aromatic nitrogens is 1. The highest BCUT2D eigenvalue weighted by Crippen LogP contribution is 2.14. The lowest BCUT2D eigenvalue weighted by atomic mass is 10.2. The highest BCUT2D eigenvalue weighted by Gasteiger charge is 2.15. The van der Waals surface area contributed by atoms with E-state index in [9.17, 15) is 9.59 Å². The van der Waals surface area contributed by atoms with E-state index >= 15 is 0 Å². The van der Waals surface area contributed by atoms with Crippen LogP contribution in [0.1, 0.15) is 37.7 Å². The zero-order chi connectivity index (χ0) is 19.2. The molecule has 0 fully saturated rings. The SMILES string of the molecule is CC(C)(C)OC(=O)NCCCN=C(N)NC(=O)c1cc2ccccc2[nH]1. The molecule has 1 aromatic carbocycles. The monoisotopic (exact) mass is 359 g/mol. The van der Waals surface area contributed by atoms with Crippen molar-refractivity contribution in [3.05, 3.63) is 36.0 Å². The normalized spacial score (nSPS) is 12.0. The van der Waals surface area contributed by atoms with Gasteiger partial charge in [-0.25, -0.2) is 4.79 Å². The van der Waals surface area contributed by atoms with Gasteiger partial charge in [0, 0.05) is 24.0 Å². The molecule has 8 heteroatoms. The number of aliphatic imine (C=N–C) groups is 1. The van der Waals surface area contributed by atoms with Crippen LogP contribution in [0.15, 0.2) is 35.3 Å². The molecule has 8 nitrogen and oxygen atoms in total. The van der Waals surface area contributed by atoms with Crippen molar-refractivity contribution < 1.29 is 14.3 Å². The molecule has 0 saturated heterocycles. The number of carbonyl (C=O) groups is 2. The molecular formula is C18H25N5O3. The fourth-order valence-corrected chi connectivity index (χ4v) is 2.20. The fraction of sp³-hybridized carbons (Fsp3) is 0.389. The Hall–Kier alpha value is -3.03. The Bertz CT molecular complexity index is 772. The van der Waals surface area contributed by atoms with Crippen LogP contribution in [0.3, 0.4) is 0 Å². The molecule has 140 valence electrons. The molecule has 0 radical (unpaired) electrons. The summed E-state index contributed by atoms with van der Waals surface area (Å²) in [6, 6.07) is 9.35. The summed E-state index contributed by atoms with van der Waals surface area (Å²) in [7, 11) is 0. The number of nitrogens with zero attached hydrogens (tertiary/aromatic N) is 1. The van der Waals surface area contributed by atoms with Gasteiger partial charge < -0.3 is 20.8 Å². The van der Waals surface area contributed by atoms with Crippen molar-refractivity contribution in [2.24, 2.45) is 10.7 Å². The predicted molar refractivity (Wildman–Crippen MR) is 101 cm³/mol. The molecule has 0 bridgehead atoms. The van der Waals surface area contributed by atoms with Crippen molar-refractivity contribution in [2.75, 3.05) is 13.1 Å². The number of nitrogens with one attached hydrogen (secondary N) is 3. The van der Waals surface area contributed by atoms with E-state index in [1.54, 1.807) is 26.8 Å². The maximum absolute atomic E-state index is 12.2. The van der Waals surface area contributed by atoms with Gasteiger partial charge in [-0.3, -0.25) is 15.1 Å². The average molecular weight is 359 g/mol. The van der Waals surface area contributed by atoms with Crippen LogP contribution in [0, 0.1) is 0 Å². The number of ether oxygens (including phenoxy) is 1. The molecule has 1 heterocycles. The molecule has 0 aliphatic heterocycles. The van der Waals surface area contributed by atoms with Crippen LogP contribution in [-0.4, -0.2) is 41.6 Å². The summed E-state index contributed by atoms with van der Waals surface area (Å²) in [6.45, 7) is 6.17. The van der Waals surface area contributed by atoms with E-state index in [4.69, 9.17) is 10.5 Å². The number of amides is 2. The number of para-hydroxylation sites is 1. The first kappa shape index (κ1) is 19.3. The number of nitrogens with two attached hydrogens (primary N) is 1. The van der Waals surface area contributed by atoms with Gasteiger partial charge in [0.1, 0.15) is 11.3 Å². The minimum Gasteiger partial charge on any atom is -0.444 e. The second kappa shape index (κ2) is 8.37. The number of aromatic amines is 1. The summed E-state index contributed by atoms with van der Waals surface area (Å²) in [6.07, 6.45) is 0.101. The first-order chi connectivity index (χ1) is 12.2. The molecule has 0 unspecified atom stereocenters. The molecule has 0 saturated carbocycles. The Morgan fingerprint density at radius 2 is 2.00 bits per heavy atom. The molecule has 0 spiro atoms. The highest BCUT2D eigenvalue weighted by molar-refractivity contribution is 6.06. The smallest absolute Gasteiger partial charge is 0.407 e. The molecule has 0 aliphatic rings. The highest BCUT2D eigenvalue weighted by atomic mass is 16.6. The summed E-state index contributed by atoms with van der Waals surface area (Å²) in [5.41, 5.74) is 6.48. The van der Waals surface area contributed by atoms with Crippen molar-refractivity contribution in [1.82, 2.24) is 15.6 Å². The Labute approximate surface area is 152 Å². The van der Waals surface area contributed by atoms with Gasteiger partial charge in [-0.1, -0.05) is 18.2 Å². The van der Waals surface area contributed by atoms with E-state index in [1.165, 1.54) is 0 Å². The van der Waals surface area contributed by atoms with E-state index in [0.717, 1.165) is 10.9 Å². The van der Waals surface area contributed by atoms with E-state index in [2.05, 4.69) is 20.6 Å². The topological polar surface area (TPSA) is 122 Å². The molecule has 1 aromatic heterocycles. The third kappa shape index (κ3) is 6.12. The van der Waals surface area contributed by atoms with E-state index < -0.39 is 11.7 Å². The minimum atomic E-state index is -0.528. The second-order valence-electron chi connectivity index (χ2n) is 6.77. The van der Waals surface area contributed by atoms with E-state index in [0.29, 0.717) is 25.2 Å². The number of carbonyl (C=O) groups excluding carboxylic acids is 2. The lowest BCUT2D eigenvalue weighted by Gasteiger charge is -2.19. The maximum Gasteiger partial charge on any atom is 0.407 e. The van der Waals surface area contributed by atoms with Crippen molar-refractivity contribution in [3.63, 3.8) is 0 Å². The van der Waals surface area contributed by atoms with Crippen molar-refractivity contribution >= 4 is 28.9 Å². The number of guanidine groups is 1. The van der Waals surface area contributed by atoms with Gasteiger partial charge in [0.2, 0.25) is 0 Å². The standard InChI is InChI=1S/C18H25N5O3/c1-18(2,3)26-17(25)21-10-6-9-20-16(19)23-15(24)14-11-12-7-4-5-8-13(12)22-14/h4-5,7-8,11,22H,6,9-10H2,1-3H3,(H,21,25)(H3,19,20,23,24). The Morgan fingerprint density at radius 3 is 2.69 bits per heavy atom. The average Bonchev–Trinajstić information content (AvgIpc) is 2.97. The van der Waals surface area contributed by atoms with Crippen LogP contribution >= 0.6 is 0 Å². The molecule has 2 amide bonds. The number of rotatable bonds is 5. The number of hydrogen-bond donors (Lipinski definition) is 4. The van der Waals surface area contributed by atoms with Gasteiger partial charge in [-0.2, -0.15) is 0 Å². The molecule has 5 N–H and O–H groups in total. The number of hydrogen-bond acceptors (Lipinski definition) is 4. The lowest BCUT2D eigenvalue weighted by Crippen LogP contribution is -2.37. The summed E-state index contributed by atoms with van der Waals surface area (Å²) < 4.78 is 5.12. The van der Waals surface area contributed by atoms with Gasteiger partial charge in [0.15, 0.2) is 5.96 Å². The first-order valence-electron chi connectivity index (χ1n) is 8.40. The third-order valence-corrected chi connectivity index (χ3v) is 3.30. The van der Waals surface area contributed by atoms with Crippen LogP contribution in [-0.2, 0) is 4.74 Å². The third-order valence-electron chi connectivity index (χ3n) is 3.30. The molecule has 2 rings (SSSR count). The van der Waals surface area contributed by atoms with Gasteiger partial charge in [0.25, 0.3) is 5.91 Å². The van der Waals surface area contributed by atoms with Crippen LogP contribution in [0.25, 0.3) is 10.9 Å². The van der Waals surface area contributed by atoms with Gasteiger partial charge >= 0.3 is 6.09 Å². The van der Waals surface area contributed by atoms with E-state index in [-0.39, 0.29) is 11.9 Å². The molecule has 26 heavy (non-hydrogen) atoms. The van der Waals surface area contributed by atoms with Crippen LogP contribution < -0.4 is 16.4 Å². The van der Waals surface area contributed by atoms with Crippen molar-refractivity contribution in [3.8, 4) is 0 Å². The fourth-order valence-electron chi connectivity index (χ4n) is 2.20. The maximum atomic E-state index is 12.2. The first-order valence-corrected chi connectivity index (χ1v) is 8.40. The Balaban J connectivity index is 1.74. The number of fused-ring (bicyclic) bond motifs is 1. The lowest BCUT2D eigenvalue weighted by molar-refractivity contribution is 0.0527. The second-order valence-corrected chi connectivity index (χ2v) is 6.77. The Kier molecular flexibility index (Phi) is 6.21. The van der Waals surface area contributed by atoms with Crippen LogP contribution in [0.2, 0.25) is 0 Å². The summed E-state index contributed by atoms with van der Waals surface area (Å²) in [4.78, 5) is 30.7. The molecule has 2 aromatic rings. The molecular weight excluding hydrogens is 334 g/mol. The summed E-state index contributed by atoms with van der Waals surface area (Å²) in [5, 5.41) is 6.11. The quantitative estimate of drug-likeness (QED) is 0.371. The molecule has 0 atom stereocenters. The largest absolute Gasteiger partial charge is 0.444 e. The zero-order valence-corrected chi connectivity index (χ0v) is 15.3. The summed E-state index contributed by atoms with van der Waals surface area (Å²) in [5.74, 6) is -0.319. The summed E-state index contributed by atoms with van der Waals surface area (Å²) >= 11 is 0. The van der Waals surface area contributed by atoms with Gasteiger partial charge in [0.05, 0.1) is 0 Å². The number of benzene rings is 1. The van der Waals surface area contributed by atoms with E-state index in [1.807, 2.05) is 24.3 Å². The van der Waals surface area contributed by atoms with Crippen molar-refractivity contribution in [2.45, 2.75) is 32.8 Å². The molecule has 0 aliphatic carbocycles. The zero-order valence-electron chi connectivity index (χ0n) is 15.3. The predicted octanol–water partition coefficient (Wildman–Crippen LogP) is 2.13. The van der Waals surface area contributed by atoms with Crippen LogP contribution in [0.4, 0.5) is 4.79 Å².